The van der Waals surface area contributed by atoms with Crippen LogP contribution in [0.1, 0.15) is 12.8 Å². The summed E-state index contributed by atoms with van der Waals surface area (Å²) in [6, 6.07) is 2.92. The number of carboxylic acid groups (broad SMARTS) is 1. The van der Waals surface area contributed by atoms with Crippen LogP contribution in [0.2, 0.25) is 5.02 Å². The maximum Gasteiger partial charge on any atom is 0.321 e. The summed E-state index contributed by atoms with van der Waals surface area (Å²) in [5.41, 5.74) is 0.494. The third kappa shape index (κ3) is 3.98. The molecule has 8 heteroatoms. The Kier molecular flexibility index (Phi) is 5.54. The number of aliphatic carboxylic acids is 1. The van der Waals surface area contributed by atoms with Gasteiger partial charge in [0.1, 0.15) is 16.5 Å². The van der Waals surface area contributed by atoms with Crippen molar-refractivity contribution in [2.24, 2.45) is 5.92 Å². The number of piperidine rings is 1. The number of ether oxygens (including phenoxy) is 2. The molecule has 0 saturated carbocycles. The summed E-state index contributed by atoms with van der Waals surface area (Å²) in [6.07, 6.45) is 0.909. The Morgan fingerprint density at radius 3 is 2.17 bits per heavy atom. The molecule has 0 unspecified atom stereocenters. The van der Waals surface area contributed by atoms with Crippen molar-refractivity contribution in [3.8, 4) is 11.5 Å². The molecule has 7 nitrogen and oxygen atoms in total. The topological polar surface area (TPSA) is 88.1 Å². The Morgan fingerprint density at radius 2 is 1.74 bits per heavy atom. The molecular weight excluding hydrogens is 324 g/mol. The van der Waals surface area contributed by atoms with E-state index in [1.54, 1.807) is 17.0 Å². The molecule has 0 aromatic heterocycles. The number of carbonyl (C=O) groups excluding carboxylic acids is 1. The van der Waals surface area contributed by atoms with Gasteiger partial charge in [-0.25, -0.2) is 4.79 Å². The van der Waals surface area contributed by atoms with Gasteiger partial charge in [-0.2, -0.15) is 0 Å². The molecule has 2 N–H and O–H groups in total. The van der Waals surface area contributed by atoms with Crippen molar-refractivity contribution in [3.05, 3.63) is 17.2 Å². The van der Waals surface area contributed by atoms with Crippen LogP contribution in [0.5, 0.6) is 11.5 Å². The fourth-order valence-corrected chi connectivity index (χ4v) is 2.74. The van der Waals surface area contributed by atoms with Gasteiger partial charge in [0.05, 0.1) is 20.1 Å². The summed E-state index contributed by atoms with van der Waals surface area (Å²) >= 11 is 6.08. The van der Waals surface area contributed by atoms with E-state index < -0.39 is 5.97 Å². The van der Waals surface area contributed by atoms with E-state index in [2.05, 4.69) is 5.32 Å². The molecule has 1 aromatic rings. The smallest absolute Gasteiger partial charge is 0.321 e. The van der Waals surface area contributed by atoms with Crippen LogP contribution in [-0.2, 0) is 4.79 Å². The van der Waals surface area contributed by atoms with Gasteiger partial charge in [0.15, 0.2) is 0 Å². The molecule has 0 atom stereocenters. The number of benzene rings is 1. The number of urea groups is 1. The normalized spacial score (nSPS) is 15.2. The van der Waals surface area contributed by atoms with E-state index in [1.807, 2.05) is 0 Å². The van der Waals surface area contributed by atoms with Gasteiger partial charge in [0, 0.05) is 30.9 Å². The minimum Gasteiger partial charge on any atom is -0.495 e. The van der Waals surface area contributed by atoms with Gasteiger partial charge in [0.2, 0.25) is 0 Å². The lowest BCUT2D eigenvalue weighted by Crippen LogP contribution is -2.42. The first-order chi connectivity index (χ1) is 11.0. The van der Waals surface area contributed by atoms with E-state index in [-0.39, 0.29) is 11.9 Å². The average Bonchev–Trinajstić information content (AvgIpc) is 2.56. The van der Waals surface area contributed by atoms with E-state index in [1.165, 1.54) is 14.2 Å². The van der Waals surface area contributed by atoms with Crippen molar-refractivity contribution in [1.82, 2.24) is 4.90 Å². The minimum atomic E-state index is -0.808. The first-order valence-corrected chi connectivity index (χ1v) is 7.54. The highest BCUT2D eigenvalue weighted by Crippen LogP contribution is 2.37. The van der Waals surface area contributed by atoms with Crippen LogP contribution in [0.4, 0.5) is 10.5 Å². The van der Waals surface area contributed by atoms with Crippen LogP contribution in [-0.4, -0.2) is 49.3 Å². The lowest BCUT2D eigenvalue weighted by molar-refractivity contribution is -0.143. The van der Waals surface area contributed by atoms with Crippen LogP contribution in [0.3, 0.4) is 0 Å². The second-order valence-corrected chi connectivity index (χ2v) is 5.60. The van der Waals surface area contributed by atoms with Crippen LogP contribution in [0, 0.1) is 5.92 Å². The fraction of sp³-hybridized carbons (Fsp3) is 0.467. The zero-order chi connectivity index (χ0) is 17.0. The van der Waals surface area contributed by atoms with E-state index in [0.717, 1.165) is 0 Å². The Hall–Kier alpha value is -2.15. The number of nitrogens with one attached hydrogen (secondary N) is 1. The standard InChI is InChI=1S/C15H19ClN2O5/c1-22-11-7-10(8-12(23-2)13(11)16)17-15(21)18-5-3-9(4-6-18)14(19)20/h7-9H,3-6H2,1-2H3,(H,17,21)(H,19,20). The molecule has 1 fully saturated rings. The number of nitrogens with zero attached hydrogens (tertiary/aromatic N) is 1. The van der Waals surface area contributed by atoms with Gasteiger partial charge < -0.3 is 24.8 Å². The summed E-state index contributed by atoms with van der Waals surface area (Å²) in [4.78, 5) is 24.8. The second-order valence-electron chi connectivity index (χ2n) is 5.22. The fourth-order valence-electron chi connectivity index (χ4n) is 2.47. The van der Waals surface area contributed by atoms with Crippen molar-refractivity contribution in [2.75, 3.05) is 32.6 Å². The molecule has 2 rings (SSSR count). The summed E-state index contributed by atoms with van der Waals surface area (Å²) in [6.45, 7) is 0.815. The van der Waals surface area contributed by atoms with Crippen molar-refractivity contribution in [2.45, 2.75) is 12.8 Å². The van der Waals surface area contributed by atoms with E-state index >= 15 is 0 Å². The Balaban J connectivity index is 2.05. The minimum absolute atomic E-state index is 0.291. The number of methoxy groups -OCH3 is 2. The highest BCUT2D eigenvalue weighted by Gasteiger charge is 2.27. The van der Waals surface area contributed by atoms with Crippen LogP contribution >= 0.6 is 11.6 Å². The average molecular weight is 343 g/mol. The molecule has 23 heavy (non-hydrogen) atoms. The maximum atomic E-state index is 12.3. The van der Waals surface area contributed by atoms with E-state index in [9.17, 15) is 9.59 Å². The molecule has 0 aliphatic carbocycles. The Morgan fingerprint density at radius 1 is 1.22 bits per heavy atom. The Bertz CT molecular complexity index is 575. The molecule has 0 radical (unpaired) electrons. The number of hydrogen-bond donors (Lipinski definition) is 2. The maximum absolute atomic E-state index is 12.3. The molecule has 1 heterocycles. The van der Waals surface area contributed by atoms with Gasteiger partial charge in [0.25, 0.3) is 0 Å². The first kappa shape index (κ1) is 17.2. The summed E-state index contributed by atoms with van der Waals surface area (Å²) < 4.78 is 10.3. The lowest BCUT2D eigenvalue weighted by Gasteiger charge is -2.30. The quantitative estimate of drug-likeness (QED) is 0.878. The molecular formula is C15H19ClN2O5. The summed E-state index contributed by atoms with van der Waals surface area (Å²) in [7, 11) is 2.95. The van der Waals surface area contributed by atoms with Crippen molar-refractivity contribution in [3.63, 3.8) is 0 Å². The zero-order valence-corrected chi connectivity index (χ0v) is 13.7. The van der Waals surface area contributed by atoms with E-state index in [4.69, 9.17) is 26.2 Å². The molecule has 0 bridgehead atoms. The molecule has 1 aromatic carbocycles. The number of carboxylic acids is 1. The van der Waals surface area contributed by atoms with Gasteiger partial charge in [-0.15, -0.1) is 0 Å². The highest BCUT2D eigenvalue weighted by atomic mass is 35.5. The van der Waals surface area contributed by atoms with Crippen molar-refractivity contribution in [1.29, 1.82) is 0 Å². The summed E-state index contributed by atoms with van der Waals surface area (Å²) in [5, 5.41) is 12.1. The number of rotatable bonds is 4. The molecule has 126 valence electrons. The predicted molar refractivity (Wildman–Crippen MR) is 85.5 cm³/mol. The van der Waals surface area contributed by atoms with Crippen molar-refractivity contribution >= 4 is 29.3 Å². The number of hydrogen-bond acceptors (Lipinski definition) is 4. The number of anilines is 1. The number of likely N-dealkylation sites (tertiary alicyclic amines) is 1. The van der Waals surface area contributed by atoms with Crippen LogP contribution < -0.4 is 14.8 Å². The summed E-state index contributed by atoms with van der Waals surface area (Å²) in [5.74, 6) is -0.399. The third-order valence-corrected chi connectivity index (χ3v) is 4.20. The van der Waals surface area contributed by atoms with Crippen LogP contribution in [0.15, 0.2) is 12.1 Å². The number of carbonyl (C=O) groups is 2. The third-order valence-electron chi connectivity index (χ3n) is 3.83. The molecule has 1 aliphatic rings. The lowest BCUT2D eigenvalue weighted by atomic mass is 9.97. The number of amides is 2. The van der Waals surface area contributed by atoms with Gasteiger partial charge in [-0.3, -0.25) is 4.79 Å². The second kappa shape index (κ2) is 7.41. The highest BCUT2D eigenvalue weighted by molar-refractivity contribution is 6.33. The molecule has 1 saturated heterocycles. The van der Waals surface area contributed by atoms with Crippen LogP contribution in [0.25, 0.3) is 0 Å². The van der Waals surface area contributed by atoms with Crippen molar-refractivity contribution < 1.29 is 24.2 Å². The van der Waals surface area contributed by atoms with Gasteiger partial charge >= 0.3 is 12.0 Å². The molecule has 0 spiro atoms. The SMILES string of the molecule is COc1cc(NC(=O)N2CCC(C(=O)O)CC2)cc(OC)c1Cl. The predicted octanol–water partition coefficient (Wildman–Crippen LogP) is 2.69. The van der Waals surface area contributed by atoms with Gasteiger partial charge in [-0.1, -0.05) is 11.6 Å². The molecule has 1 aliphatic heterocycles. The zero-order valence-electron chi connectivity index (χ0n) is 13.0. The van der Waals surface area contributed by atoms with E-state index in [0.29, 0.717) is 48.1 Å². The monoisotopic (exact) mass is 342 g/mol. The largest absolute Gasteiger partial charge is 0.495 e. The Labute approximate surface area is 139 Å². The van der Waals surface area contributed by atoms with Gasteiger partial charge in [-0.05, 0) is 12.8 Å². The molecule has 2 amide bonds. The first-order valence-electron chi connectivity index (χ1n) is 7.16. The number of halogens is 1.